The van der Waals surface area contributed by atoms with Crippen molar-refractivity contribution >= 4 is 63.8 Å². The van der Waals surface area contributed by atoms with E-state index in [2.05, 4.69) is 0 Å². The van der Waals surface area contributed by atoms with Crippen molar-refractivity contribution in [3.8, 4) is 0 Å². The van der Waals surface area contributed by atoms with Gasteiger partial charge in [-0.3, -0.25) is 4.79 Å². The average molecular weight is 584 g/mol. The predicted molar refractivity (Wildman–Crippen MR) is 145 cm³/mol. The third-order valence-corrected chi connectivity index (χ3v) is 7.05. The van der Waals surface area contributed by atoms with Gasteiger partial charge in [-0.05, 0) is 54.1 Å². The van der Waals surface area contributed by atoms with Gasteiger partial charge in [0.15, 0.2) is 5.78 Å². The molecule has 1 unspecified atom stereocenters. The van der Waals surface area contributed by atoms with Gasteiger partial charge in [0.1, 0.15) is 25.0 Å². The number of aromatic nitrogens is 2. The second-order valence-corrected chi connectivity index (χ2v) is 10.4. The summed E-state index contributed by atoms with van der Waals surface area (Å²) < 4.78 is 10.2. The molecule has 3 aromatic carbocycles. The molecule has 0 saturated carbocycles. The molecule has 0 aliphatic rings. The Kier molecular flexibility index (Phi) is 9.35. The molecule has 4 rings (SSSR count). The van der Waals surface area contributed by atoms with E-state index >= 15 is 0 Å². The van der Waals surface area contributed by atoms with Gasteiger partial charge in [0.2, 0.25) is 6.33 Å². The maximum absolute atomic E-state index is 12.5. The number of aryl methyl sites for hydroxylation is 1. The van der Waals surface area contributed by atoms with Gasteiger partial charge in [-0.1, -0.05) is 70.1 Å². The number of imidazole rings is 1. The van der Waals surface area contributed by atoms with Crippen molar-refractivity contribution in [2.45, 2.75) is 32.2 Å². The van der Waals surface area contributed by atoms with Gasteiger partial charge < -0.3 is 4.74 Å². The van der Waals surface area contributed by atoms with Crippen LogP contribution in [0.3, 0.4) is 0 Å². The summed E-state index contributed by atoms with van der Waals surface area (Å²) in [7, 11) is 0. The minimum Gasteiger partial charge on any atom is -0.365 e. The molecule has 4 nitrogen and oxygen atoms in total. The topological polar surface area (TPSA) is 35.1 Å². The monoisotopic (exact) mass is 581 g/mol. The first kappa shape index (κ1) is 27.0. The molecule has 4 aromatic rings. The van der Waals surface area contributed by atoms with Crippen LogP contribution < -0.4 is 4.57 Å². The van der Waals surface area contributed by atoms with Crippen LogP contribution in [0.5, 0.6) is 0 Å². The molecule has 0 bridgehead atoms. The lowest BCUT2D eigenvalue weighted by Crippen LogP contribution is -2.35. The number of carbonyl (C=O) groups excluding carboxylic acids is 1. The Labute approximate surface area is 234 Å². The van der Waals surface area contributed by atoms with Crippen LogP contribution in [0.2, 0.25) is 25.1 Å². The molecule has 0 aliphatic heterocycles. The van der Waals surface area contributed by atoms with E-state index in [1.54, 1.807) is 48.5 Å². The Morgan fingerprint density at radius 1 is 0.861 bits per heavy atom. The smallest absolute Gasteiger partial charge is 0.243 e. The summed E-state index contributed by atoms with van der Waals surface area (Å²) in [5.74, 6) is 0.0564. The fourth-order valence-electron chi connectivity index (χ4n) is 3.71. The maximum Gasteiger partial charge on any atom is 0.243 e. The summed E-state index contributed by atoms with van der Waals surface area (Å²) in [5, 5.41) is 2.77. The summed E-state index contributed by atoms with van der Waals surface area (Å²) in [5.41, 5.74) is 2.27. The number of hydrogen-bond donors (Lipinski definition) is 0. The normalized spacial score (nSPS) is 12.0. The Hall–Kier alpha value is -2.05. The number of Topliss-reactive ketones (excluding diaryl/α,β-unsaturated/α-hetero) is 1. The van der Waals surface area contributed by atoms with Crippen molar-refractivity contribution in [3.63, 3.8) is 0 Å². The molecule has 186 valence electrons. The molecule has 0 radical (unpaired) electrons. The van der Waals surface area contributed by atoms with Crippen LogP contribution in [0.25, 0.3) is 0 Å². The van der Waals surface area contributed by atoms with E-state index in [1.807, 2.05) is 40.0 Å². The van der Waals surface area contributed by atoms with Gasteiger partial charge in [0.25, 0.3) is 0 Å². The van der Waals surface area contributed by atoms with Crippen molar-refractivity contribution < 1.29 is 14.1 Å². The molecule has 0 N–H and O–H groups in total. The van der Waals surface area contributed by atoms with Crippen LogP contribution in [0.15, 0.2) is 79.4 Å². The molecule has 0 spiro atoms. The van der Waals surface area contributed by atoms with Gasteiger partial charge in [-0.2, -0.15) is 0 Å². The van der Waals surface area contributed by atoms with Crippen LogP contribution in [0, 0.1) is 0 Å². The highest BCUT2D eigenvalue weighted by atomic mass is 35.5. The first-order valence-electron chi connectivity index (χ1n) is 11.1. The molecular formula is C27H22Cl5N2O2+. The van der Waals surface area contributed by atoms with Crippen LogP contribution >= 0.6 is 58.0 Å². The second-order valence-electron chi connectivity index (χ2n) is 8.23. The molecule has 1 atom stereocenters. The van der Waals surface area contributed by atoms with Gasteiger partial charge in [0, 0.05) is 42.7 Å². The zero-order chi connectivity index (χ0) is 25.7. The van der Waals surface area contributed by atoms with Gasteiger partial charge in [-0.25, -0.2) is 9.13 Å². The lowest BCUT2D eigenvalue weighted by molar-refractivity contribution is -0.704. The first-order valence-corrected chi connectivity index (χ1v) is 13.0. The summed E-state index contributed by atoms with van der Waals surface area (Å²) >= 11 is 30.9. The largest absolute Gasteiger partial charge is 0.365 e. The van der Waals surface area contributed by atoms with Crippen LogP contribution in [0.1, 0.15) is 34.0 Å². The zero-order valence-corrected chi connectivity index (χ0v) is 22.8. The number of carbonyl (C=O) groups is 1. The molecule has 0 aliphatic carbocycles. The summed E-state index contributed by atoms with van der Waals surface area (Å²) in [6.45, 7) is 1.31. The van der Waals surface area contributed by atoms with Crippen molar-refractivity contribution in [2.24, 2.45) is 0 Å². The highest BCUT2D eigenvalue weighted by Crippen LogP contribution is 2.31. The van der Waals surface area contributed by atoms with E-state index in [4.69, 9.17) is 62.7 Å². The lowest BCUT2D eigenvalue weighted by atomic mass is 10.1. The number of benzene rings is 3. The summed E-state index contributed by atoms with van der Waals surface area (Å²) in [4.78, 5) is 12.5. The van der Waals surface area contributed by atoms with Gasteiger partial charge in [0.05, 0.1) is 13.2 Å². The van der Waals surface area contributed by atoms with E-state index in [9.17, 15) is 4.79 Å². The number of ether oxygens (including phenoxy) is 1. The molecule has 0 saturated heterocycles. The number of ketones is 1. The highest BCUT2D eigenvalue weighted by Gasteiger charge is 2.21. The van der Waals surface area contributed by atoms with E-state index in [-0.39, 0.29) is 18.5 Å². The maximum atomic E-state index is 12.5. The van der Waals surface area contributed by atoms with E-state index in [0.717, 1.165) is 11.1 Å². The fraction of sp³-hybridized carbons (Fsp3) is 0.185. The zero-order valence-electron chi connectivity index (χ0n) is 19.0. The average Bonchev–Trinajstić information content (AvgIpc) is 3.29. The van der Waals surface area contributed by atoms with Crippen LogP contribution in [-0.4, -0.2) is 10.4 Å². The Balaban J connectivity index is 1.46. The Morgan fingerprint density at radius 2 is 1.53 bits per heavy atom. The molecule has 0 amide bonds. The first-order chi connectivity index (χ1) is 17.3. The van der Waals surface area contributed by atoms with E-state index in [0.29, 0.717) is 50.2 Å². The molecule has 1 aromatic heterocycles. The predicted octanol–water partition coefficient (Wildman–Crippen LogP) is 8.27. The fourth-order valence-corrected chi connectivity index (χ4v) is 4.83. The third-order valence-electron chi connectivity index (χ3n) is 5.65. The number of halogens is 5. The number of hydrogen-bond acceptors (Lipinski definition) is 2. The number of nitrogens with zero attached hydrogens (tertiary/aromatic N) is 2. The minimum atomic E-state index is -0.377. The number of rotatable bonds is 10. The third kappa shape index (κ3) is 7.25. The standard InChI is InChI=1S/C27H22Cl5N2O2/c28-20-4-1-18(2-5-20)26(35)9-10-33-11-12-34(17-33)15-27(23-8-7-22(30)14-25(23)32)36-16-19-3-6-21(29)13-24(19)31/h1-8,11-14,17,27H,9-10,15-16H2/q+1. The van der Waals surface area contributed by atoms with E-state index in [1.165, 1.54) is 0 Å². The van der Waals surface area contributed by atoms with Gasteiger partial charge >= 0.3 is 0 Å². The van der Waals surface area contributed by atoms with Crippen molar-refractivity contribution in [2.75, 3.05) is 0 Å². The van der Waals surface area contributed by atoms with Gasteiger partial charge in [-0.15, -0.1) is 0 Å². The molecule has 1 heterocycles. The quantitative estimate of drug-likeness (QED) is 0.139. The van der Waals surface area contributed by atoms with Crippen molar-refractivity contribution in [1.29, 1.82) is 0 Å². The Bertz CT molecular complexity index is 1350. The minimum absolute atomic E-state index is 0.0564. The van der Waals surface area contributed by atoms with Crippen molar-refractivity contribution in [1.82, 2.24) is 4.57 Å². The summed E-state index contributed by atoms with van der Waals surface area (Å²) in [6.07, 6.45) is 5.78. The second kappa shape index (κ2) is 12.5. The molecular weight excluding hydrogens is 562 g/mol. The highest BCUT2D eigenvalue weighted by molar-refractivity contribution is 6.35. The van der Waals surface area contributed by atoms with Crippen molar-refractivity contribution in [3.05, 3.63) is 121 Å². The van der Waals surface area contributed by atoms with E-state index < -0.39 is 0 Å². The lowest BCUT2D eigenvalue weighted by Gasteiger charge is -2.19. The summed E-state index contributed by atoms with van der Waals surface area (Å²) in [6, 6.07) is 17.6. The SMILES string of the molecule is O=C(CCn1cc[n+](CC(OCc2ccc(Cl)cc2Cl)c2ccc(Cl)cc2Cl)c1)c1ccc(Cl)cc1. The Morgan fingerprint density at radius 3 is 2.22 bits per heavy atom. The molecule has 0 fully saturated rings. The van der Waals surface area contributed by atoms with Crippen LogP contribution in [-0.2, 0) is 24.4 Å². The van der Waals surface area contributed by atoms with Crippen LogP contribution in [0.4, 0.5) is 0 Å². The molecule has 9 heteroatoms. The molecule has 36 heavy (non-hydrogen) atoms.